The van der Waals surface area contributed by atoms with Gasteiger partial charge in [0.25, 0.3) is 0 Å². The monoisotopic (exact) mass is 274 g/mol. The van der Waals surface area contributed by atoms with Crippen LogP contribution in [-0.4, -0.2) is 24.2 Å². The van der Waals surface area contributed by atoms with Gasteiger partial charge in [-0.1, -0.05) is 6.07 Å². The lowest BCUT2D eigenvalue weighted by molar-refractivity contribution is 0.354. The van der Waals surface area contributed by atoms with Crippen molar-refractivity contribution in [1.29, 1.82) is 0 Å². The number of hydrogen-bond acceptors (Lipinski definition) is 6. The number of anilines is 2. The Morgan fingerprint density at radius 2 is 1.85 bits per heavy atom. The molecule has 6 heteroatoms. The number of methoxy groups -OCH3 is 2. The molecule has 0 aliphatic heterocycles. The fourth-order valence-corrected chi connectivity index (χ4v) is 1.87. The lowest BCUT2D eigenvalue weighted by Crippen LogP contribution is -2.05. The van der Waals surface area contributed by atoms with Crippen molar-refractivity contribution in [1.82, 2.24) is 9.97 Å². The van der Waals surface area contributed by atoms with Gasteiger partial charge < -0.3 is 20.5 Å². The van der Waals surface area contributed by atoms with Gasteiger partial charge in [0.15, 0.2) is 11.5 Å². The minimum atomic E-state index is 0.264. The predicted molar refractivity (Wildman–Crippen MR) is 78.1 cm³/mol. The van der Waals surface area contributed by atoms with E-state index in [0.29, 0.717) is 23.9 Å². The third kappa shape index (κ3) is 3.28. The summed E-state index contributed by atoms with van der Waals surface area (Å²) in [7, 11) is 3.23. The molecule has 0 unspecified atom stereocenters. The van der Waals surface area contributed by atoms with E-state index < -0.39 is 0 Å². The number of nitrogens with two attached hydrogens (primary N) is 1. The molecule has 0 amide bonds. The van der Waals surface area contributed by atoms with Gasteiger partial charge in [-0.15, -0.1) is 0 Å². The quantitative estimate of drug-likeness (QED) is 0.867. The van der Waals surface area contributed by atoms with Crippen molar-refractivity contribution in [3.8, 4) is 11.5 Å². The summed E-state index contributed by atoms with van der Waals surface area (Å²) in [4.78, 5) is 8.15. The standard InChI is InChI=1S/C14H18N4O2/c1-9-6-13(18-14(15)17-9)16-8-10-4-5-11(19-2)12(7-10)20-3/h4-7H,8H2,1-3H3,(H3,15,16,17,18). The fraction of sp³-hybridized carbons (Fsp3) is 0.286. The molecule has 1 aromatic heterocycles. The topological polar surface area (TPSA) is 82.3 Å². The zero-order valence-corrected chi connectivity index (χ0v) is 11.8. The van der Waals surface area contributed by atoms with Crippen LogP contribution in [0.3, 0.4) is 0 Å². The van der Waals surface area contributed by atoms with Crippen molar-refractivity contribution in [2.24, 2.45) is 0 Å². The molecule has 20 heavy (non-hydrogen) atoms. The van der Waals surface area contributed by atoms with Crippen molar-refractivity contribution in [2.75, 3.05) is 25.3 Å². The number of benzene rings is 1. The molecule has 0 fully saturated rings. The van der Waals surface area contributed by atoms with Gasteiger partial charge in [-0.05, 0) is 24.6 Å². The Morgan fingerprint density at radius 1 is 1.10 bits per heavy atom. The third-order valence-corrected chi connectivity index (χ3v) is 2.79. The first-order valence-electron chi connectivity index (χ1n) is 6.18. The summed E-state index contributed by atoms with van der Waals surface area (Å²) in [6.45, 7) is 2.48. The molecular formula is C14H18N4O2. The summed E-state index contributed by atoms with van der Waals surface area (Å²) < 4.78 is 10.5. The molecule has 0 spiro atoms. The lowest BCUT2D eigenvalue weighted by Gasteiger charge is -2.11. The molecule has 106 valence electrons. The van der Waals surface area contributed by atoms with Crippen LogP contribution < -0.4 is 20.5 Å². The van der Waals surface area contributed by atoms with Gasteiger partial charge in [-0.3, -0.25) is 0 Å². The second kappa shape index (κ2) is 6.10. The molecular weight excluding hydrogens is 256 g/mol. The molecule has 0 atom stereocenters. The highest BCUT2D eigenvalue weighted by Gasteiger charge is 2.05. The molecule has 3 N–H and O–H groups in total. The van der Waals surface area contributed by atoms with E-state index >= 15 is 0 Å². The van der Waals surface area contributed by atoms with E-state index in [4.69, 9.17) is 15.2 Å². The van der Waals surface area contributed by atoms with Gasteiger partial charge in [-0.25, -0.2) is 4.98 Å². The second-order valence-corrected chi connectivity index (χ2v) is 4.30. The molecule has 6 nitrogen and oxygen atoms in total. The molecule has 0 bridgehead atoms. The van der Waals surface area contributed by atoms with Crippen molar-refractivity contribution in [2.45, 2.75) is 13.5 Å². The molecule has 1 aromatic carbocycles. The minimum Gasteiger partial charge on any atom is -0.493 e. The Bertz CT molecular complexity index is 581. The van der Waals surface area contributed by atoms with E-state index in [2.05, 4.69) is 15.3 Å². The summed E-state index contributed by atoms with van der Waals surface area (Å²) in [6.07, 6.45) is 0. The van der Waals surface area contributed by atoms with Crippen LogP contribution in [0, 0.1) is 6.92 Å². The van der Waals surface area contributed by atoms with Crippen molar-refractivity contribution < 1.29 is 9.47 Å². The minimum absolute atomic E-state index is 0.264. The molecule has 1 heterocycles. The Hall–Kier alpha value is -2.50. The van der Waals surface area contributed by atoms with E-state index in [0.717, 1.165) is 11.3 Å². The predicted octanol–water partition coefficient (Wildman–Crippen LogP) is 2.00. The fourth-order valence-electron chi connectivity index (χ4n) is 1.87. The third-order valence-electron chi connectivity index (χ3n) is 2.79. The van der Waals surface area contributed by atoms with Crippen molar-refractivity contribution in [3.05, 3.63) is 35.5 Å². The molecule has 0 aliphatic carbocycles. The maximum absolute atomic E-state index is 5.61. The van der Waals surface area contributed by atoms with E-state index in [1.807, 2.05) is 31.2 Å². The second-order valence-electron chi connectivity index (χ2n) is 4.30. The van der Waals surface area contributed by atoms with Crippen LogP contribution in [0.4, 0.5) is 11.8 Å². The largest absolute Gasteiger partial charge is 0.493 e. The van der Waals surface area contributed by atoms with Gasteiger partial charge in [0.05, 0.1) is 14.2 Å². The van der Waals surface area contributed by atoms with Crippen LogP contribution >= 0.6 is 0 Å². The van der Waals surface area contributed by atoms with E-state index in [-0.39, 0.29) is 5.95 Å². The van der Waals surface area contributed by atoms with Crippen LogP contribution in [0.25, 0.3) is 0 Å². The maximum Gasteiger partial charge on any atom is 0.222 e. The van der Waals surface area contributed by atoms with Gasteiger partial charge in [0.2, 0.25) is 5.95 Å². The zero-order valence-electron chi connectivity index (χ0n) is 11.8. The highest BCUT2D eigenvalue weighted by molar-refractivity contribution is 5.45. The first-order valence-corrected chi connectivity index (χ1v) is 6.18. The SMILES string of the molecule is COc1ccc(CNc2cc(C)nc(N)n2)cc1OC. The van der Waals surface area contributed by atoms with Crippen LogP contribution in [0.2, 0.25) is 0 Å². The molecule has 0 radical (unpaired) electrons. The Morgan fingerprint density at radius 3 is 2.50 bits per heavy atom. The molecule has 2 aromatic rings. The van der Waals surface area contributed by atoms with E-state index in [1.165, 1.54) is 0 Å². The number of nitrogens with one attached hydrogen (secondary N) is 1. The first kappa shape index (κ1) is 13.9. The Labute approximate surface area is 118 Å². The van der Waals surface area contributed by atoms with Gasteiger partial charge in [-0.2, -0.15) is 4.98 Å². The summed E-state index contributed by atoms with van der Waals surface area (Å²) >= 11 is 0. The number of nitrogen functional groups attached to an aromatic ring is 1. The Balaban J connectivity index is 2.10. The first-order chi connectivity index (χ1) is 9.62. The van der Waals surface area contributed by atoms with Gasteiger partial charge in [0.1, 0.15) is 5.82 Å². The van der Waals surface area contributed by atoms with Crippen molar-refractivity contribution >= 4 is 11.8 Å². The van der Waals surface area contributed by atoms with Gasteiger partial charge >= 0.3 is 0 Å². The van der Waals surface area contributed by atoms with Crippen LogP contribution in [-0.2, 0) is 6.54 Å². The summed E-state index contributed by atoms with van der Waals surface area (Å²) in [6, 6.07) is 7.60. The highest BCUT2D eigenvalue weighted by Crippen LogP contribution is 2.27. The Kier molecular flexibility index (Phi) is 4.24. The number of aromatic nitrogens is 2. The number of ether oxygens (including phenoxy) is 2. The van der Waals surface area contributed by atoms with Gasteiger partial charge in [0, 0.05) is 18.3 Å². The highest BCUT2D eigenvalue weighted by atomic mass is 16.5. The average Bonchev–Trinajstić information content (AvgIpc) is 2.43. The van der Waals surface area contributed by atoms with Crippen LogP contribution in [0.15, 0.2) is 24.3 Å². The average molecular weight is 274 g/mol. The normalized spacial score (nSPS) is 10.2. The maximum atomic E-state index is 5.61. The van der Waals surface area contributed by atoms with Crippen LogP contribution in [0.5, 0.6) is 11.5 Å². The molecule has 0 saturated heterocycles. The summed E-state index contributed by atoms with van der Waals surface area (Å²) in [5.74, 6) is 2.37. The number of rotatable bonds is 5. The number of aryl methyl sites for hydroxylation is 1. The van der Waals surface area contributed by atoms with Crippen molar-refractivity contribution in [3.63, 3.8) is 0 Å². The van der Waals surface area contributed by atoms with Crippen LogP contribution in [0.1, 0.15) is 11.3 Å². The molecule has 0 aliphatic rings. The summed E-state index contributed by atoms with van der Waals surface area (Å²) in [5.41, 5.74) is 7.49. The smallest absolute Gasteiger partial charge is 0.222 e. The zero-order chi connectivity index (χ0) is 14.5. The molecule has 2 rings (SSSR count). The van der Waals surface area contributed by atoms with E-state index in [9.17, 15) is 0 Å². The lowest BCUT2D eigenvalue weighted by atomic mass is 10.2. The molecule has 0 saturated carbocycles. The number of nitrogens with zero attached hydrogens (tertiary/aromatic N) is 2. The number of hydrogen-bond donors (Lipinski definition) is 2. The van der Waals surface area contributed by atoms with E-state index in [1.54, 1.807) is 14.2 Å². The summed E-state index contributed by atoms with van der Waals surface area (Å²) in [5, 5.41) is 3.20.